The summed E-state index contributed by atoms with van der Waals surface area (Å²) in [4.78, 5) is 0. The van der Waals surface area contributed by atoms with Gasteiger partial charge in [0.05, 0.1) is 6.10 Å². The third kappa shape index (κ3) is 1.38. The monoisotopic (exact) mass is 187 g/mol. The fourth-order valence-electron chi connectivity index (χ4n) is 2.39. The molecule has 0 saturated carbocycles. The van der Waals surface area contributed by atoms with Crippen molar-refractivity contribution in [2.45, 2.75) is 25.4 Å². The van der Waals surface area contributed by atoms with E-state index in [1.807, 2.05) is 0 Å². The van der Waals surface area contributed by atoms with Gasteiger partial charge in [0.25, 0.3) is 0 Å². The van der Waals surface area contributed by atoms with Crippen LogP contribution in [0.2, 0.25) is 0 Å². The van der Waals surface area contributed by atoms with E-state index < -0.39 is 0 Å². The average Bonchev–Trinajstić information content (AvgIpc) is 2.49. The topological polar surface area (TPSA) is 35.2 Å². The standard InChI is InChI=1S/C9H17NOS/c10-6-8-9(3-4-11-8)2-1-5-12-7-9/h8H,1-7,10H2. The lowest BCUT2D eigenvalue weighted by Crippen LogP contribution is -2.40. The molecule has 0 aromatic carbocycles. The van der Waals surface area contributed by atoms with E-state index in [4.69, 9.17) is 10.5 Å². The van der Waals surface area contributed by atoms with E-state index in [2.05, 4.69) is 11.8 Å². The van der Waals surface area contributed by atoms with E-state index in [-0.39, 0.29) is 0 Å². The second-order valence-electron chi connectivity index (χ2n) is 3.86. The highest BCUT2D eigenvalue weighted by Gasteiger charge is 2.43. The van der Waals surface area contributed by atoms with Gasteiger partial charge in [-0.1, -0.05) is 0 Å². The van der Waals surface area contributed by atoms with Crippen LogP contribution in [0.5, 0.6) is 0 Å². The summed E-state index contributed by atoms with van der Waals surface area (Å²) >= 11 is 2.07. The van der Waals surface area contributed by atoms with E-state index in [1.54, 1.807) is 0 Å². The summed E-state index contributed by atoms with van der Waals surface area (Å²) in [5.41, 5.74) is 6.16. The van der Waals surface area contributed by atoms with Crippen LogP contribution in [-0.4, -0.2) is 30.8 Å². The Balaban J connectivity index is 2.05. The van der Waals surface area contributed by atoms with Gasteiger partial charge in [-0.3, -0.25) is 0 Å². The summed E-state index contributed by atoms with van der Waals surface area (Å²) in [7, 11) is 0. The van der Waals surface area contributed by atoms with Gasteiger partial charge in [-0.15, -0.1) is 0 Å². The maximum atomic E-state index is 5.71. The summed E-state index contributed by atoms with van der Waals surface area (Å²) in [5.74, 6) is 2.61. The van der Waals surface area contributed by atoms with Crippen LogP contribution >= 0.6 is 11.8 Å². The van der Waals surface area contributed by atoms with Crippen molar-refractivity contribution >= 4 is 11.8 Å². The molecule has 0 aromatic rings. The van der Waals surface area contributed by atoms with E-state index in [1.165, 1.54) is 30.8 Å². The van der Waals surface area contributed by atoms with Gasteiger partial charge in [-0.2, -0.15) is 11.8 Å². The number of ether oxygens (including phenoxy) is 1. The first-order valence-electron chi connectivity index (χ1n) is 4.77. The highest BCUT2D eigenvalue weighted by atomic mass is 32.2. The van der Waals surface area contributed by atoms with Gasteiger partial charge >= 0.3 is 0 Å². The summed E-state index contributed by atoms with van der Waals surface area (Å²) in [6.45, 7) is 1.64. The Morgan fingerprint density at radius 3 is 3.08 bits per heavy atom. The first-order chi connectivity index (χ1) is 5.87. The van der Waals surface area contributed by atoms with Crippen molar-refractivity contribution in [2.24, 2.45) is 11.1 Å². The van der Waals surface area contributed by atoms with Crippen molar-refractivity contribution in [3.8, 4) is 0 Å². The molecule has 12 heavy (non-hydrogen) atoms. The van der Waals surface area contributed by atoms with Crippen LogP contribution in [0, 0.1) is 5.41 Å². The minimum Gasteiger partial charge on any atom is -0.376 e. The van der Waals surface area contributed by atoms with Gasteiger partial charge in [0.2, 0.25) is 0 Å². The molecule has 2 aliphatic rings. The van der Waals surface area contributed by atoms with Gasteiger partial charge in [0.1, 0.15) is 0 Å². The average molecular weight is 187 g/mol. The molecular weight excluding hydrogens is 170 g/mol. The van der Waals surface area contributed by atoms with Gasteiger partial charge in [-0.05, 0) is 25.0 Å². The van der Waals surface area contributed by atoms with E-state index in [9.17, 15) is 0 Å². The Morgan fingerprint density at radius 2 is 2.42 bits per heavy atom. The van der Waals surface area contributed by atoms with Crippen LogP contribution in [0.1, 0.15) is 19.3 Å². The smallest absolute Gasteiger partial charge is 0.0762 e. The van der Waals surface area contributed by atoms with Crippen LogP contribution in [0.25, 0.3) is 0 Å². The summed E-state index contributed by atoms with van der Waals surface area (Å²) in [6, 6.07) is 0. The molecule has 0 aliphatic carbocycles. The summed E-state index contributed by atoms with van der Waals surface area (Å²) < 4.78 is 5.66. The molecular formula is C9H17NOS. The fraction of sp³-hybridized carbons (Fsp3) is 1.00. The predicted molar refractivity (Wildman–Crippen MR) is 52.4 cm³/mol. The molecule has 1 spiro atoms. The van der Waals surface area contributed by atoms with E-state index >= 15 is 0 Å². The highest BCUT2D eigenvalue weighted by molar-refractivity contribution is 7.99. The summed E-state index contributed by atoms with van der Waals surface area (Å²) in [5, 5.41) is 0. The molecule has 3 heteroatoms. The lowest BCUT2D eigenvalue weighted by molar-refractivity contribution is 0.0604. The molecule has 2 N–H and O–H groups in total. The Kier molecular flexibility index (Phi) is 2.63. The van der Waals surface area contributed by atoms with Crippen LogP contribution in [0.4, 0.5) is 0 Å². The Morgan fingerprint density at radius 1 is 1.50 bits per heavy atom. The highest BCUT2D eigenvalue weighted by Crippen LogP contribution is 2.44. The van der Waals surface area contributed by atoms with Crippen molar-refractivity contribution in [2.75, 3.05) is 24.7 Å². The van der Waals surface area contributed by atoms with Crippen LogP contribution < -0.4 is 5.73 Å². The van der Waals surface area contributed by atoms with Crippen molar-refractivity contribution in [1.82, 2.24) is 0 Å². The summed E-state index contributed by atoms with van der Waals surface area (Å²) in [6.07, 6.45) is 4.28. The lowest BCUT2D eigenvalue weighted by Gasteiger charge is -2.36. The minimum absolute atomic E-state index is 0.352. The second-order valence-corrected chi connectivity index (χ2v) is 4.97. The normalized spacial score (nSPS) is 42.2. The quantitative estimate of drug-likeness (QED) is 0.671. The first kappa shape index (κ1) is 8.85. The third-order valence-corrected chi connectivity index (χ3v) is 4.53. The zero-order valence-corrected chi connectivity index (χ0v) is 8.24. The van der Waals surface area contributed by atoms with Crippen molar-refractivity contribution in [3.05, 3.63) is 0 Å². The molecule has 2 nitrogen and oxygen atoms in total. The molecule has 2 rings (SSSR count). The Labute approximate surface area is 78.2 Å². The molecule has 2 aliphatic heterocycles. The first-order valence-corrected chi connectivity index (χ1v) is 5.92. The molecule has 2 heterocycles. The maximum absolute atomic E-state index is 5.71. The number of nitrogens with two attached hydrogens (primary N) is 1. The molecule has 0 radical (unpaired) electrons. The number of hydrogen-bond donors (Lipinski definition) is 1. The van der Waals surface area contributed by atoms with Crippen molar-refractivity contribution in [1.29, 1.82) is 0 Å². The van der Waals surface area contributed by atoms with E-state index in [0.29, 0.717) is 18.1 Å². The molecule has 2 unspecified atom stereocenters. The minimum atomic E-state index is 0.352. The van der Waals surface area contributed by atoms with Gasteiger partial charge < -0.3 is 10.5 Å². The predicted octanol–water partition coefficient (Wildman–Crippen LogP) is 1.25. The number of thioether (sulfide) groups is 1. The molecule has 70 valence electrons. The van der Waals surface area contributed by atoms with Crippen molar-refractivity contribution < 1.29 is 4.74 Å². The third-order valence-electron chi connectivity index (χ3n) is 3.17. The SMILES string of the molecule is NCC1OCCC12CCCSC2. The van der Waals surface area contributed by atoms with Crippen LogP contribution in [0.3, 0.4) is 0 Å². The molecule has 0 amide bonds. The van der Waals surface area contributed by atoms with Gasteiger partial charge in [0.15, 0.2) is 0 Å². The Bertz CT molecular complexity index is 157. The lowest BCUT2D eigenvalue weighted by atomic mass is 9.78. The molecule has 0 aromatic heterocycles. The van der Waals surface area contributed by atoms with Crippen molar-refractivity contribution in [3.63, 3.8) is 0 Å². The van der Waals surface area contributed by atoms with Crippen LogP contribution in [0.15, 0.2) is 0 Å². The maximum Gasteiger partial charge on any atom is 0.0762 e. The zero-order chi connectivity index (χ0) is 8.44. The van der Waals surface area contributed by atoms with Gasteiger partial charge in [-0.25, -0.2) is 0 Å². The molecule has 0 bridgehead atoms. The Hall–Kier alpha value is 0.270. The largest absolute Gasteiger partial charge is 0.376 e. The molecule has 2 fully saturated rings. The van der Waals surface area contributed by atoms with Crippen LogP contribution in [-0.2, 0) is 4.74 Å². The second kappa shape index (κ2) is 3.56. The zero-order valence-electron chi connectivity index (χ0n) is 7.42. The molecule has 2 saturated heterocycles. The number of hydrogen-bond acceptors (Lipinski definition) is 3. The number of rotatable bonds is 1. The molecule has 2 atom stereocenters. The van der Waals surface area contributed by atoms with Gasteiger partial charge in [0, 0.05) is 24.3 Å². The van der Waals surface area contributed by atoms with E-state index in [0.717, 1.165) is 6.61 Å². The fourth-order valence-corrected chi connectivity index (χ4v) is 3.76.